The summed E-state index contributed by atoms with van der Waals surface area (Å²) in [5, 5.41) is 11.7. The third-order valence-electron chi connectivity index (χ3n) is 2.22. The minimum absolute atomic E-state index is 0.0992. The minimum Gasteiger partial charge on any atom is -0.444 e. The van der Waals surface area contributed by atoms with Crippen molar-refractivity contribution in [2.24, 2.45) is 0 Å². The zero-order chi connectivity index (χ0) is 14.4. The molecule has 5 heteroatoms. The van der Waals surface area contributed by atoms with Crippen molar-refractivity contribution in [2.75, 3.05) is 26.2 Å². The van der Waals surface area contributed by atoms with Crippen LogP contribution in [0.3, 0.4) is 0 Å². The van der Waals surface area contributed by atoms with Gasteiger partial charge in [-0.2, -0.15) is 0 Å². The van der Waals surface area contributed by atoms with Crippen LogP contribution in [0.15, 0.2) is 0 Å². The number of nitrogens with one attached hydrogen (secondary N) is 1. The summed E-state index contributed by atoms with van der Waals surface area (Å²) in [6.07, 6.45) is -0.305. The average Bonchev–Trinajstić information content (AvgIpc) is 2.12. The fourth-order valence-corrected chi connectivity index (χ4v) is 1.41. The van der Waals surface area contributed by atoms with Crippen molar-refractivity contribution in [3.8, 4) is 0 Å². The molecule has 0 rings (SSSR count). The second kappa shape index (κ2) is 6.95. The van der Waals surface area contributed by atoms with E-state index in [0.717, 1.165) is 0 Å². The summed E-state index contributed by atoms with van der Waals surface area (Å²) < 4.78 is 5.39. The largest absolute Gasteiger partial charge is 0.444 e. The van der Waals surface area contributed by atoms with Gasteiger partial charge in [-0.15, -0.1) is 0 Å². The lowest BCUT2D eigenvalue weighted by Gasteiger charge is -2.36. The first-order valence-corrected chi connectivity index (χ1v) is 6.40. The zero-order valence-electron chi connectivity index (χ0n) is 12.5. The summed E-state index contributed by atoms with van der Waals surface area (Å²) in [7, 11) is 0. The Morgan fingerprint density at radius 3 is 2.11 bits per heavy atom. The molecule has 0 aliphatic heterocycles. The van der Waals surface area contributed by atoms with Crippen LogP contribution in [0.1, 0.15) is 41.5 Å². The highest BCUT2D eigenvalue weighted by Crippen LogP contribution is 2.17. The van der Waals surface area contributed by atoms with Crippen molar-refractivity contribution < 1.29 is 14.6 Å². The summed E-state index contributed by atoms with van der Waals surface area (Å²) in [6.45, 7) is 13.3. The minimum atomic E-state index is -0.487. The second-order valence-electron chi connectivity index (χ2n) is 6.28. The Kier molecular flexibility index (Phi) is 6.63. The Morgan fingerprint density at radius 1 is 1.17 bits per heavy atom. The van der Waals surface area contributed by atoms with E-state index in [-0.39, 0.29) is 18.2 Å². The predicted octanol–water partition coefficient (Wildman–Crippen LogP) is 1.60. The maximum Gasteiger partial charge on any atom is 0.410 e. The third kappa shape index (κ3) is 7.50. The Morgan fingerprint density at radius 2 is 1.72 bits per heavy atom. The van der Waals surface area contributed by atoms with Crippen molar-refractivity contribution in [1.29, 1.82) is 0 Å². The molecule has 0 aliphatic carbocycles. The summed E-state index contributed by atoms with van der Waals surface area (Å²) in [5.74, 6) is 0. The molecular weight excluding hydrogens is 232 g/mol. The molecule has 0 aromatic rings. The molecule has 0 unspecified atom stereocenters. The highest BCUT2D eigenvalue weighted by molar-refractivity contribution is 5.69. The third-order valence-corrected chi connectivity index (χ3v) is 2.22. The van der Waals surface area contributed by atoms with E-state index in [1.54, 1.807) is 4.90 Å². The van der Waals surface area contributed by atoms with Gasteiger partial charge in [0.15, 0.2) is 0 Å². The van der Waals surface area contributed by atoms with Crippen LogP contribution in [-0.4, -0.2) is 53.5 Å². The summed E-state index contributed by atoms with van der Waals surface area (Å²) in [6, 6.07) is 0. The highest BCUT2D eigenvalue weighted by Gasteiger charge is 2.29. The van der Waals surface area contributed by atoms with Crippen LogP contribution in [0.4, 0.5) is 4.79 Å². The Bertz CT molecular complexity index is 254. The maximum atomic E-state index is 12.1. The predicted molar refractivity (Wildman–Crippen MR) is 72.6 cm³/mol. The molecule has 1 amide bonds. The van der Waals surface area contributed by atoms with Crippen molar-refractivity contribution in [3.05, 3.63) is 0 Å². The van der Waals surface area contributed by atoms with Gasteiger partial charge in [0.2, 0.25) is 0 Å². The van der Waals surface area contributed by atoms with E-state index in [2.05, 4.69) is 5.32 Å². The number of hydrogen-bond donors (Lipinski definition) is 2. The van der Waals surface area contributed by atoms with Gasteiger partial charge >= 0.3 is 6.09 Å². The van der Waals surface area contributed by atoms with Crippen LogP contribution in [0.5, 0.6) is 0 Å². The molecule has 0 spiro atoms. The van der Waals surface area contributed by atoms with Crippen LogP contribution in [0.25, 0.3) is 0 Å². The first-order chi connectivity index (χ1) is 8.08. The van der Waals surface area contributed by atoms with E-state index in [0.29, 0.717) is 19.6 Å². The molecular formula is C13H28N2O3. The van der Waals surface area contributed by atoms with Gasteiger partial charge in [-0.05, 0) is 41.5 Å². The number of nitrogens with zero attached hydrogens (tertiary/aromatic N) is 1. The van der Waals surface area contributed by atoms with Crippen LogP contribution in [0.2, 0.25) is 0 Å². The Balaban J connectivity index is 4.45. The second-order valence-corrected chi connectivity index (χ2v) is 6.28. The maximum absolute atomic E-state index is 12.1. The highest BCUT2D eigenvalue weighted by atomic mass is 16.6. The van der Waals surface area contributed by atoms with Gasteiger partial charge in [0.05, 0.1) is 6.61 Å². The number of rotatable bonds is 5. The summed E-state index contributed by atoms with van der Waals surface area (Å²) in [5.41, 5.74) is -0.775. The summed E-state index contributed by atoms with van der Waals surface area (Å²) in [4.78, 5) is 13.8. The molecule has 0 heterocycles. The van der Waals surface area contributed by atoms with E-state index in [1.807, 2.05) is 41.5 Å². The lowest BCUT2D eigenvalue weighted by Crippen LogP contribution is -2.50. The number of carbonyl (C=O) groups is 1. The van der Waals surface area contributed by atoms with Gasteiger partial charge in [-0.1, -0.05) is 0 Å². The fraction of sp³-hybridized carbons (Fsp3) is 0.923. The molecule has 18 heavy (non-hydrogen) atoms. The molecule has 2 N–H and O–H groups in total. The van der Waals surface area contributed by atoms with E-state index >= 15 is 0 Å². The lowest BCUT2D eigenvalue weighted by molar-refractivity contribution is 0.00663. The molecule has 0 saturated carbocycles. The molecule has 0 aromatic carbocycles. The number of ether oxygens (including phenoxy) is 1. The van der Waals surface area contributed by atoms with Gasteiger partial charge in [0.25, 0.3) is 0 Å². The Hall–Kier alpha value is -0.810. The number of aliphatic hydroxyl groups excluding tert-OH is 1. The van der Waals surface area contributed by atoms with Crippen molar-refractivity contribution in [2.45, 2.75) is 52.7 Å². The molecule has 0 saturated heterocycles. The van der Waals surface area contributed by atoms with Crippen molar-refractivity contribution in [3.63, 3.8) is 0 Å². The van der Waals surface area contributed by atoms with E-state index in [4.69, 9.17) is 9.84 Å². The number of amides is 1. The van der Waals surface area contributed by atoms with E-state index in [9.17, 15) is 4.79 Å². The van der Waals surface area contributed by atoms with Gasteiger partial charge in [0.1, 0.15) is 5.60 Å². The number of aliphatic hydroxyl groups is 1. The SMILES string of the molecule is CC(C)(C)OC(=O)N(CCNCCO)C(C)(C)C. The molecule has 0 atom stereocenters. The standard InChI is InChI=1S/C13H28N2O3/c1-12(2,3)15(9-7-14-8-10-16)11(17)18-13(4,5)6/h14,16H,7-10H2,1-6H3. The van der Waals surface area contributed by atoms with Gasteiger partial charge < -0.3 is 20.1 Å². The quantitative estimate of drug-likeness (QED) is 0.737. The molecule has 0 aromatic heterocycles. The molecule has 5 nitrogen and oxygen atoms in total. The van der Waals surface area contributed by atoms with Gasteiger partial charge in [-0.25, -0.2) is 4.79 Å². The smallest absolute Gasteiger partial charge is 0.410 e. The van der Waals surface area contributed by atoms with Crippen LogP contribution in [-0.2, 0) is 4.74 Å². The topological polar surface area (TPSA) is 61.8 Å². The molecule has 0 radical (unpaired) electrons. The normalized spacial score (nSPS) is 12.4. The summed E-state index contributed by atoms with van der Waals surface area (Å²) >= 11 is 0. The lowest BCUT2D eigenvalue weighted by atomic mass is 10.1. The average molecular weight is 260 g/mol. The van der Waals surface area contributed by atoms with E-state index in [1.165, 1.54) is 0 Å². The molecule has 108 valence electrons. The van der Waals surface area contributed by atoms with Crippen molar-refractivity contribution >= 4 is 6.09 Å². The molecule has 0 aliphatic rings. The van der Waals surface area contributed by atoms with Crippen molar-refractivity contribution in [1.82, 2.24) is 10.2 Å². The van der Waals surface area contributed by atoms with Crippen LogP contribution < -0.4 is 5.32 Å². The van der Waals surface area contributed by atoms with E-state index < -0.39 is 5.60 Å². The Labute approximate surface area is 110 Å². The first kappa shape index (κ1) is 17.2. The van der Waals surface area contributed by atoms with Crippen LogP contribution in [0, 0.1) is 0 Å². The number of carbonyl (C=O) groups excluding carboxylic acids is 1. The number of hydrogen-bond acceptors (Lipinski definition) is 4. The monoisotopic (exact) mass is 260 g/mol. The van der Waals surface area contributed by atoms with Gasteiger partial charge in [0, 0.05) is 25.2 Å². The molecule has 0 bridgehead atoms. The van der Waals surface area contributed by atoms with Gasteiger partial charge in [-0.3, -0.25) is 0 Å². The fourth-order valence-electron chi connectivity index (χ4n) is 1.41. The zero-order valence-corrected chi connectivity index (χ0v) is 12.5. The first-order valence-electron chi connectivity index (χ1n) is 6.40. The molecule has 0 fully saturated rings. The van der Waals surface area contributed by atoms with Crippen LogP contribution >= 0.6 is 0 Å².